The van der Waals surface area contributed by atoms with Crippen LogP contribution in [0.1, 0.15) is 36.5 Å². The highest BCUT2D eigenvalue weighted by molar-refractivity contribution is 7.89. The smallest absolute Gasteiger partial charge is 0.338 e. The SMILES string of the molecule is Cl.NC1(c2noc(CNS(=O)(=O)c3cccc(C(F)(F)F)c3)n2)CCC1. The molecule has 1 aliphatic carbocycles. The van der Waals surface area contributed by atoms with Crippen molar-refractivity contribution in [3.8, 4) is 0 Å². The lowest BCUT2D eigenvalue weighted by molar-refractivity contribution is -0.137. The molecule has 0 spiro atoms. The Hall–Kier alpha value is -1.69. The van der Waals surface area contributed by atoms with Crippen molar-refractivity contribution in [1.29, 1.82) is 0 Å². The van der Waals surface area contributed by atoms with Gasteiger partial charge in [-0.2, -0.15) is 18.2 Å². The van der Waals surface area contributed by atoms with E-state index in [1.54, 1.807) is 0 Å². The number of nitrogens with zero attached hydrogens (tertiary/aromatic N) is 2. The lowest BCUT2D eigenvalue weighted by atomic mass is 9.77. The van der Waals surface area contributed by atoms with Crippen molar-refractivity contribution < 1.29 is 26.1 Å². The maximum absolute atomic E-state index is 12.7. The van der Waals surface area contributed by atoms with Gasteiger partial charge in [0, 0.05) is 0 Å². The summed E-state index contributed by atoms with van der Waals surface area (Å²) in [7, 11) is -4.17. The van der Waals surface area contributed by atoms with Crippen molar-refractivity contribution in [2.24, 2.45) is 5.73 Å². The second kappa shape index (κ2) is 7.14. The molecule has 1 aromatic carbocycles. The fourth-order valence-corrected chi connectivity index (χ4v) is 3.41. The van der Waals surface area contributed by atoms with Crippen LogP contribution in [0.5, 0.6) is 0 Å². The van der Waals surface area contributed by atoms with Crippen molar-refractivity contribution in [2.75, 3.05) is 0 Å². The molecule has 3 N–H and O–H groups in total. The number of sulfonamides is 1. The Morgan fingerprint density at radius 2 is 2.00 bits per heavy atom. The third-order valence-corrected chi connectivity index (χ3v) is 5.44. The minimum absolute atomic E-state index is 0. The summed E-state index contributed by atoms with van der Waals surface area (Å²) in [5.41, 5.74) is 4.34. The Kier molecular flexibility index (Phi) is 5.66. The van der Waals surface area contributed by atoms with Crippen LogP contribution in [0, 0.1) is 0 Å². The average molecular weight is 413 g/mol. The van der Waals surface area contributed by atoms with Gasteiger partial charge in [-0.05, 0) is 37.5 Å². The number of hydrogen-bond donors (Lipinski definition) is 2. The maximum Gasteiger partial charge on any atom is 0.416 e. The highest BCUT2D eigenvalue weighted by atomic mass is 35.5. The number of rotatable bonds is 5. The molecule has 2 aromatic rings. The fraction of sp³-hybridized carbons (Fsp3) is 0.429. The Balaban J connectivity index is 0.00000243. The lowest BCUT2D eigenvalue weighted by Gasteiger charge is -2.34. The zero-order valence-corrected chi connectivity index (χ0v) is 14.9. The van der Waals surface area contributed by atoms with E-state index >= 15 is 0 Å². The second-order valence-corrected chi connectivity index (χ2v) is 7.64. The molecule has 1 aromatic heterocycles. The van der Waals surface area contributed by atoms with Crippen LogP contribution in [-0.2, 0) is 28.3 Å². The first-order valence-corrected chi connectivity index (χ1v) is 8.87. The molecule has 0 saturated heterocycles. The number of hydrogen-bond acceptors (Lipinski definition) is 6. The molecular formula is C14H16ClF3N4O3S. The normalized spacial score (nSPS) is 16.6. The molecule has 0 unspecified atom stereocenters. The molecule has 144 valence electrons. The summed E-state index contributed by atoms with van der Waals surface area (Å²) in [6.07, 6.45) is -2.27. The third kappa shape index (κ3) is 4.17. The Morgan fingerprint density at radius 1 is 1.31 bits per heavy atom. The van der Waals surface area contributed by atoms with Gasteiger partial charge >= 0.3 is 6.18 Å². The van der Waals surface area contributed by atoms with Crippen molar-refractivity contribution in [2.45, 2.75) is 42.4 Å². The molecule has 1 fully saturated rings. The summed E-state index contributed by atoms with van der Waals surface area (Å²) in [6.45, 7) is -0.346. The van der Waals surface area contributed by atoms with E-state index in [4.69, 9.17) is 10.3 Å². The standard InChI is InChI=1S/C14H15F3N4O3S.ClH/c15-14(16,17)9-3-1-4-10(7-9)25(22,23)19-8-11-20-12(21-24-11)13(18)5-2-6-13;/h1,3-4,7,19H,2,5-6,8,18H2;1H. The van der Waals surface area contributed by atoms with Gasteiger partial charge in [-0.3, -0.25) is 0 Å². The molecule has 7 nitrogen and oxygen atoms in total. The Labute approximate surface area is 153 Å². The Morgan fingerprint density at radius 3 is 2.58 bits per heavy atom. The van der Waals surface area contributed by atoms with Crippen LogP contribution < -0.4 is 10.5 Å². The molecular weight excluding hydrogens is 397 g/mol. The Bertz CT molecular complexity index is 882. The summed E-state index contributed by atoms with van der Waals surface area (Å²) in [6, 6.07) is 3.45. The van der Waals surface area contributed by atoms with Crippen LogP contribution >= 0.6 is 12.4 Å². The number of alkyl halides is 3. The quantitative estimate of drug-likeness (QED) is 0.779. The largest absolute Gasteiger partial charge is 0.416 e. The first kappa shape index (κ1) is 20.6. The molecule has 0 atom stereocenters. The van der Waals surface area contributed by atoms with E-state index in [1.807, 2.05) is 0 Å². The van der Waals surface area contributed by atoms with Crippen molar-refractivity contribution >= 4 is 22.4 Å². The van der Waals surface area contributed by atoms with Crippen LogP contribution in [-0.4, -0.2) is 18.6 Å². The van der Waals surface area contributed by atoms with Gasteiger partial charge in [0.15, 0.2) is 5.82 Å². The van der Waals surface area contributed by atoms with Gasteiger partial charge in [0.1, 0.15) is 0 Å². The molecule has 0 radical (unpaired) electrons. The van der Waals surface area contributed by atoms with Gasteiger partial charge in [0.2, 0.25) is 15.9 Å². The van der Waals surface area contributed by atoms with E-state index in [2.05, 4.69) is 14.9 Å². The minimum Gasteiger partial charge on any atom is -0.338 e. The zero-order chi connectivity index (χ0) is 18.3. The lowest BCUT2D eigenvalue weighted by Crippen LogP contribution is -2.44. The molecule has 1 aliphatic rings. The summed E-state index contributed by atoms with van der Waals surface area (Å²) in [5, 5.41) is 3.74. The second-order valence-electron chi connectivity index (χ2n) is 5.87. The highest BCUT2D eigenvalue weighted by Crippen LogP contribution is 2.36. The third-order valence-electron chi connectivity index (χ3n) is 4.04. The van der Waals surface area contributed by atoms with Crippen molar-refractivity contribution in [3.05, 3.63) is 41.5 Å². The molecule has 26 heavy (non-hydrogen) atoms. The van der Waals surface area contributed by atoms with E-state index in [1.165, 1.54) is 0 Å². The van der Waals surface area contributed by atoms with Gasteiger partial charge in [0.25, 0.3) is 0 Å². The topological polar surface area (TPSA) is 111 Å². The minimum atomic E-state index is -4.63. The molecule has 12 heteroatoms. The van der Waals surface area contributed by atoms with Crippen LogP contribution in [0.4, 0.5) is 13.2 Å². The molecule has 1 heterocycles. The van der Waals surface area contributed by atoms with Gasteiger partial charge in [0.05, 0.1) is 22.5 Å². The summed E-state index contributed by atoms with van der Waals surface area (Å²) < 4.78 is 69.5. The number of nitrogens with two attached hydrogens (primary N) is 1. The van der Waals surface area contributed by atoms with Crippen molar-refractivity contribution in [3.63, 3.8) is 0 Å². The van der Waals surface area contributed by atoms with Gasteiger partial charge in [-0.15, -0.1) is 12.4 Å². The number of nitrogens with one attached hydrogen (secondary N) is 1. The fourth-order valence-electron chi connectivity index (χ4n) is 2.39. The maximum atomic E-state index is 12.7. The molecule has 3 rings (SSSR count). The molecule has 1 saturated carbocycles. The monoisotopic (exact) mass is 412 g/mol. The first-order chi connectivity index (χ1) is 11.6. The summed E-state index contributed by atoms with van der Waals surface area (Å²) >= 11 is 0. The van der Waals surface area contributed by atoms with E-state index in [0.717, 1.165) is 24.6 Å². The van der Waals surface area contributed by atoms with Crippen LogP contribution in [0.3, 0.4) is 0 Å². The molecule has 0 bridgehead atoms. The zero-order valence-electron chi connectivity index (χ0n) is 13.3. The number of halogens is 4. The van der Waals surface area contributed by atoms with Crippen LogP contribution in [0.2, 0.25) is 0 Å². The molecule has 0 amide bonds. The molecule has 0 aliphatic heterocycles. The van der Waals surface area contributed by atoms with Crippen LogP contribution in [0.15, 0.2) is 33.7 Å². The predicted molar refractivity (Wildman–Crippen MR) is 86.7 cm³/mol. The van der Waals surface area contributed by atoms with E-state index in [-0.39, 0.29) is 24.8 Å². The summed E-state index contributed by atoms with van der Waals surface area (Å²) in [5.74, 6) is 0.286. The highest BCUT2D eigenvalue weighted by Gasteiger charge is 2.39. The predicted octanol–water partition coefficient (Wildman–Crippen LogP) is 2.33. The number of benzene rings is 1. The van der Waals surface area contributed by atoms with E-state index in [9.17, 15) is 21.6 Å². The average Bonchev–Trinajstić information content (AvgIpc) is 2.99. The van der Waals surface area contributed by atoms with E-state index < -0.39 is 32.2 Å². The van der Waals surface area contributed by atoms with E-state index in [0.29, 0.717) is 24.7 Å². The van der Waals surface area contributed by atoms with Gasteiger partial charge in [-0.25, -0.2) is 13.1 Å². The van der Waals surface area contributed by atoms with Crippen molar-refractivity contribution in [1.82, 2.24) is 14.9 Å². The summed E-state index contributed by atoms with van der Waals surface area (Å²) in [4.78, 5) is 3.54. The van der Waals surface area contributed by atoms with Gasteiger partial charge < -0.3 is 10.3 Å². The van der Waals surface area contributed by atoms with Gasteiger partial charge in [-0.1, -0.05) is 11.2 Å². The number of aromatic nitrogens is 2. The van der Waals surface area contributed by atoms with Crippen LogP contribution in [0.25, 0.3) is 0 Å². The first-order valence-electron chi connectivity index (χ1n) is 7.39.